The Bertz CT molecular complexity index is 637. The molecule has 1 saturated carbocycles. The molecule has 1 N–H and O–H groups in total. The molecule has 1 aliphatic carbocycles. The first-order chi connectivity index (χ1) is 10.9. The van der Waals surface area contributed by atoms with Crippen LogP contribution in [0, 0.1) is 5.92 Å². The molecule has 0 spiro atoms. The standard InChI is InChI=1S/C18H22N2O2/c1-2-4-15-14(3-1)7-9-19-18(15)20-16-12-21-10-8-17(16)22-11-13-5-6-13/h1-4,7,9,13,16-17H,5-6,8,10-12H2,(H,19,20)/t16-,17+/m0/s1. The van der Waals surface area contributed by atoms with Crippen molar-refractivity contribution >= 4 is 16.6 Å². The number of benzene rings is 1. The van der Waals surface area contributed by atoms with Crippen LogP contribution >= 0.6 is 0 Å². The van der Waals surface area contributed by atoms with Crippen molar-refractivity contribution in [3.8, 4) is 0 Å². The number of nitrogens with zero attached hydrogens (tertiary/aromatic N) is 1. The van der Waals surface area contributed by atoms with E-state index in [0.29, 0.717) is 6.61 Å². The molecule has 1 aromatic heterocycles. The average molecular weight is 298 g/mol. The average Bonchev–Trinajstić information content (AvgIpc) is 3.39. The SMILES string of the molecule is c1ccc2c(N[C@H]3COCC[C@H]3OCC3CC3)nccc2c1. The number of pyridine rings is 1. The number of aromatic nitrogens is 1. The number of rotatable bonds is 5. The summed E-state index contributed by atoms with van der Waals surface area (Å²) in [6.07, 6.45) is 5.68. The van der Waals surface area contributed by atoms with E-state index in [0.717, 1.165) is 36.8 Å². The predicted octanol–water partition coefficient (Wildman–Crippen LogP) is 3.23. The Hall–Kier alpha value is -1.65. The fraction of sp³-hybridized carbons (Fsp3) is 0.500. The van der Waals surface area contributed by atoms with Crippen LogP contribution in [0.25, 0.3) is 10.8 Å². The fourth-order valence-corrected chi connectivity index (χ4v) is 3.01. The van der Waals surface area contributed by atoms with E-state index in [2.05, 4.69) is 28.5 Å². The highest BCUT2D eigenvalue weighted by Crippen LogP contribution is 2.30. The monoisotopic (exact) mass is 298 g/mol. The first-order valence-corrected chi connectivity index (χ1v) is 8.20. The van der Waals surface area contributed by atoms with E-state index >= 15 is 0 Å². The molecule has 4 nitrogen and oxygen atoms in total. The maximum absolute atomic E-state index is 6.13. The number of nitrogens with one attached hydrogen (secondary N) is 1. The number of anilines is 1. The molecule has 0 amide bonds. The van der Waals surface area contributed by atoms with E-state index in [1.165, 1.54) is 18.2 Å². The largest absolute Gasteiger partial charge is 0.379 e. The van der Waals surface area contributed by atoms with Gasteiger partial charge in [-0.2, -0.15) is 0 Å². The molecule has 2 atom stereocenters. The van der Waals surface area contributed by atoms with Crippen LogP contribution in [0.2, 0.25) is 0 Å². The fourth-order valence-electron chi connectivity index (χ4n) is 3.01. The van der Waals surface area contributed by atoms with E-state index in [1.807, 2.05) is 18.3 Å². The first-order valence-electron chi connectivity index (χ1n) is 8.20. The third kappa shape index (κ3) is 3.08. The zero-order valence-corrected chi connectivity index (χ0v) is 12.7. The Labute approximate surface area is 130 Å². The van der Waals surface area contributed by atoms with E-state index in [1.54, 1.807) is 0 Å². The number of hydrogen-bond acceptors (Lipinski definition) is 4. The quantitative estimate of drug-likeness (QED) is 0.920. The molecule has 1 aromatic carbocycles. The molecule has 1 aliphatic heterocycles. The number of hydrogen-bond donors (Lipinski definition) is 1. The maximum Gasteiger partial charge on any atom is 0.134 e. The maximum atomic E-state index is 6.13. The first kappa shape index (κ1) is 14.0. The second-order valence-corrected chi connectivity index (χ2v) is 6.31. The smallest absolute Gasteiger partial charge is 0.134 e. The van der Waals surface area contributed by atoms with Crippen LogP contribution in [0.3, 0.4) is 0 Å². The third-order valence-electron chi connectivity index (χ3n) is 4.53. The van der Waals surface area contributed by atoms with Gasteiger partial charge in [-0.1, -0.05) is 24.3 Å². The van der Waals surface area contributed by atoms with Crippen LogP contribution in [0.1, 0.15) is 19.3 Å². The van der Waals surface area contributed by atoms with E-state index in [9.17, 15) is 0 Å². The Morgan fingerprint density at radius 2 is 2.09 bits per heavy atom. The van der Waals surface area contributed by atoms with Gasteiger partial charge < -0.3 is 14.8 Å². The Morgan fingerprint density at radius 3 is 3.00 bits per heavy atom. The summed E-state index contributed by atoms with van der Waals surface area (Å²) in [5.41, 5.74) is 0. The summed E-state index contributed by atoms with van der Waals surface area (Å²) in [6.45, 7) is 2.36. The Balaban J connectivity index is 1.51. The van der Waals surface area contributed by atoms with Crippen LogP contribution in [-0.2, 0) is 9.47 Å². The van der Waals surface area contributed by atoms with Gasteiger partial charge in [0.1, 0.15) is 5.82 Å². The minimum Gasteiger partial charge on any atom is -0.379 e. The van der Waals surface area contributed by atoms with Crippen molar-refractivity contribution in [3.63, 3.8) is 0 Å². The van der Waals surface area contributed by atoms with Crippen LogP contribution in [-0.4, -0.2) is 37.0 Å². The van der Waals surface area contributed by atoms with Crippen molar-refractivity contribution in [1.82, 2.24) is 4.98 Å². The van der Waals surface area contributed by atoms with Gasteiger partial charge in [-0.25, -0.2) is 4.98 Å². The molecule has 0 radical (unpaired) electrons. The van der Waals surface area contributed by atoms with Crippen LogP contribution in [0.5, 0.6) is 0 Å². The highest BCUT2D eigenvalue weighted by molar-refractivity contribution is 5.91. The molecule has 2 aromatic rings. The topological polar surface area (TPSA) is 43.4 Å². The highest BCUT2D eigenvalue weighted by Gasteiger charge is 2.30. The molecular formula is C18H22N2O2. The highest BCUT2D eigenvalue weighted by atomic mass is 16.5. The van der Waals surface area contributed by atoms with E-state index in [4.69, 9.17) is 9.47 Å². The Morgan fingerprint density at radius 1 is 1.18 bits per heavy atom. The summed E-state index contributed by atoms with van der Waals surface area (Å²) < 4.78 is 11.8. The third-order valence-corrected chi connectivity index (χ3v) is 4.53. The van der Waals surface area contributed by atoms with Gasteiger partial charge in [0.05, 0.1) is 18.8 Å². The second kappa shape index (κ2) is 6.23. The molecule has 0 unspecified atom stereocenters. The van der Waals surface area contributed by atoms with Gasteiger partial charge in [0.25, 0.3) is 0 Å². The summed E-state index contributed by atoms with van der Waals surface area (Å²) in [4.78, 5) is 4.52. The lowest BCUT2D eigenvalue weighted by Gasteiger charge is -2.32. The molecule has 1 saturated heterocycles. The van der Waals surface area contributed by atoms with Gasteiger partial charge in [-0.05, 0) is 36.6 Å². The number of ether oxygens (including phenoxy) is 2. The number of fused-ring (bicyclic) bond motifs is 1. The lowest BCUT2D eigenvalue weighted by Crippen LogP contribution is -2.44. The lowest BCUT2D eigenvalue weighted by atomic mass is 10.1. The zero-order valence-electron chi connectivity index (χ0n) is 12.7. The molecule has 4 heteroatoms. The minimum absolute atomic E-state index is 0.172. The van der Waals surface area contributed by atoms with Gasteiger partial charge in [-0.3, -0.25) is 0 Å². The second-order valence-electron chi connectivity index (χ2n) is 6.31. The van der Waals surface area contributed by atoms with Crippen molar-refractivity contribution in [1.29, 1.82) is 0 Å². The normalized spacial score (nSPS) is 25.3. The summed E-state index contributed by atoms with van der Waals surface area (Å²) in [5.74, 6) is 1.72. The van der Waals surface area contributed by atoms with Gasteiger partial charge in [0.2, 0.25) is 0 Å². The minimum atomic E-state index is 0.172. The van der Waals surface area contributed by atoms with Crippen molar-refractivity contribution in [2.45, 2.75) is 31.4 Å². The van der Waals surface area contributed by atoms with Gasteiger partial charge in [0.15, 0.2) is 0 Å². The molecule has 22 heavy (non-hydrogen) atoms. The predicted molar refractivity (Wildman–Crippen MR) is 87.1 cm³/mol. The van der Waals surface area contributed by atoms with Crippen molar-refractivity contribution in [2.24, 2.45) is 5.92 Å². The van der Waals surface area contributed by atoms with Gasteiger partial charge in [-0.15, -0.1) is 0 Å². The van der Waals surface area contributed by atoms with Crippen LogP contribution in [0.4, 0.5) is 5.82 Å². The van der Waals surface area contributed by atoms with Gasteiger partial charge in [0, 0.05) is 24.8 Å². The molecular weight excluding hydrogens is 276 g/mol. The van der Waals surface area contributed by atoms with E-state index < -0.39 is 0 Å². The summed E-state index contributed by atoms with van der Waals surface area (Å²) in [7, 11) is 0. The summed E-state index contributed by atoms with van der Waals surface area (Å²) >= 11 is 0. The van der Waals surface area contributed by atoms with Crippen molar-refractivity contribution < 1.29 is 9.47 Å². The van der Waals surface area contributed by atoms with E-state index in [-0.39, 0.29) is 12.1 Å². The van der Waals surface area contributed by atoms with Crippen LogP contribution < -0.4 is 5.32 Å². The van der Waals surface area contributed by atoms with Gasteiger partial charge >= 0.3 is 0 Å². The molecule has 116 valence electrons. The molecule has 0 bridgehead atoms. The lowest BCUT2D eigenvalue weighted by molar-refractivity contribution is -0.0439. The van der Waals surface area contributed by atoms with Crippen molar-refractivity contribution in [2.75, 3.05) is 25.1 Å². The molecule has 4 rings (SSSR count). The summed E-state index contributed by atoms with van der Waals surface area (Å²) in [5, 5.41) is 5.91. The molecule has 2 aliphatic rings. The zero-order chi connectivity index (χ0) is 14.8. The van der Waals surface area contributed by atoms with Crippen molar-refractivity contribution in [3.05, 3.63) is 36.5 Å². The van der Waals surface area contributed by atoms with Crippen LogP contribution in [0.15, 0.2) is 36.5 Å². The molecule has 2 fully saturated rings. The summed E-state index contributed by atoms with van der Waals surface area (Å²) in [6, 6.07) is 10.5. The molecule has 2 heterocycles. The Kier molecular flexibility index (Phi) is 3.95.